The number of ether oxygens (including phenoxy) is 1. The molecule has 2 N–H and O–H groups in total. The summed E-state index contributed by atoms with van der Waals surface area (Å²) < 4.78 is 5.64. The zero-order valence-electron chi connectivity index (χ0n) is 14.4. The first-order chi connectivity index (χ1) is 11.8. The van der Waals surface area contributed by atoms with E-state index >= 15 is 0 Å². The Labute approximate surface area is 152 Å². The number of rotatable bonds is 6. The molecule has 25 heavy (non-hydrogen) atoms. The standard InChI is InChI=1S/C17H24ClN3O4/c1-12(13-3-5-14(18)6-4-13)19-17(24)21-7-8-25-15(10-21)9-20(2)11-16(22)23/h3-6,12,15H,7-11H2,1-2H3,(H,19,24)(H,22,23). The van der Waals surface area contributed by atoms with E-state index in [4.69, 9.17) is 21.4 Å². The summed E-state index contributed by atoms with van der Waals surface area (Å²) in [7, 11) is 1.72. The normalized spacial score (nSPS) is 18.9. The highest BCUT2D eigenvalue weighted by molar-refractivity contribution is 6.30. The van der Waals surface area contributed by atoms with Gasteiger partial charge in [0.05, 0.1) is 25.3 Å². The number of carbonyl (C=O) groups is 2. The van der Waals surface area contributed by atoms with Crippen LogP contribution in [0.15, 0.2) is 24.3 Å². The molecule has 1 aromatic carbocycles. The third-order valence-electron chi connectivity index (χ3n) is 4.06. The summed E-state index contributed by atoms with van der Waals surface area (Å²) in [5.41, 5.74) is 0.976. The molecular formula is C17H24ClN3O4. The Hall–Kier alpha value is -1.83. The van der Waals surface area contributed by atoms with Crippen molar-refractivity contribution in [2.75, 3.05) is 39.8 Å². The van der Waals surface area contributed by atoms with E-state index in [9.17, 15) is 9.59 Å². The predicted octanol–water partition coefficient (Wildman–Crippen LogP) is 1.83. The minimum atomic E-state index is -0.885. The molecule has 2 unspecified atom stereocenters. The summed E-state index contributed by atoms with van der Waals surface area (Å²) in [6, 6.07) is 7.06. The van der Waals surface area contributed by atoms with Crippen molar-refractivity contribution < 1.29 is 19.4 Å². The molecule has 0 aromatic heterocycles. The Kier molecular flexibility index (Phi) is 7.04. The highest BCUT2D eigenvalue weighted by Crippen LogP contribution is 2.17. The highest BCUT2D eigenvalue weighted by atomic mass is 35.5. The van der Waals surface area contributed by atoms with Gasteiger partial charge in [-0.2, -0.15) is 0 Å². The molecule has 7 nitrogen and oxygen atoms in total. The molecule has 1 aromatic rings. The van der Waals surface area contributed by atoms with Gasteiger partial charge < -0.3 is 20.1 Å². The lowest BCUT2D eigenvalue weighted by Gasteiger charge is -2.35. The fourth-order valence-electron chi connectivity index (χ4n) is 2.77. The van der Waals surface area contributed by atoms with E-state index in [1.54, 1.807) is 29.0 Å². The summed E-state index contributed by atoms with van der Waals surface area (Å²) in [5, 5.41) is 12.4. The molecule has 1 saturated heterocycles. The number of nitrogens with zero attached hydrogens (tertiary/aromatic N) is 2. The minimum absolute atomic E-state index is 0.0559. The lowest BCUT2D eigenvalue weighted by atomic mass is 10.1. The molecule has 1 aliphatic heterocycles. The minimum Gasteiger partial charge on any atom is -0.480 e. The van der Waals surface area contributed by atoms with Crippen LogP contribution in [0.2, 0.25) is 5.02 Å². The first-order valence-electron chi connectivity index (χ1n) is 8.18. The van der Waals surface area contributed by atoms with E-state index in [0.29, 0.717) is 31.3 Å². The Bertz CT molecular complexity index is 596. The van der Waals surface area contributed by atoms with E-state index in [0.717, 1.165) is 5.56 Å². The van der Waals surface area contributed by atoms with Gasteiger partial charge in [-0.05, 0) is 31.7 Å². The molecule has 2 amide bonds. The van der Waals surface area contributed by atoms with Gasteiger partial charge in [0.25, 0.3) is 0 Å². The molecule has 0 spiro atoms. The second kappa shape index (κ2) is 9.03. The average Bonchev–Trinajstić information content (AvgIpc) is 2.54. The van der Waals surface area contributed by atoms with Crippen LogP contribution in [0.25, 0.3) is 0 Å². The van der Waals surface area contributed by atoms with Crippen LogP contribution in [0.1, 0.15) is 18.5 Å². The smallest absolute Gasteiger partial charge is 0.318 e. The molecule has 2 atom stereocenters. The van der Waals surface area contributed by atoms with E-state index in [1.807, 2.05) is 19.1 Å². The largest absolute Gasteiger partial charge is 0.480 e. The van der Waals surface area contributed by atoms with Crippen molar-refractivity contribution in [3.05, 3.63) is 34.9 Å². The predicted molar refractivity (Wildman–Crippen MR) is 94.8 cm³/mol. The van der Waals surface area contributed by atoms with Crippen molar-refractivity contribution in [3.63, 3.8) is 0 Å². The van der Waals surface area contributed by atoms with Crippen LogP contribution in [0.4, 0.5) is 4.79 Å². The van der Waals surface area contributed by atoms with Crippen LogP contribution < -0.4 is 5.32 Å². The van der Waals surface area contributed by atoms with Crippen molar-refractivity contribution in [2.45, 2.75) is 19.1 Å². The molecule has 0 bridgehead atoms. The number of benzene rings is 1. The third-order valence-corrected chi connectivity index (χ3v) is 4.31. The Morgan fingerprint density at radius 1 is 1.44 bits per heavy atom. The summed E-state index contributed by atoms with van der Waals surface area (Å²) >= 11 is 5.88. The van der Waals surface area contributed by atoms with Gasteiger partial charge >= 0.3 is 12.0 Å². The Morgan fingerprint density at radius 3 is 2.76 bits per heavy atom. The summed E-state index contributed by atoms with van der Waals surface area (Å²) in [6.07, 6.45) is -0.199. The molecule has 2 rings (SSSR count). The van der Waals surface area contributed by atoms with Crippen LogP contribution in [-0.4, -0.2) is 72.8 Å². The maximum atomic E-state index is 12.5. The molecule has 0 radical (unpaired) electrons. The molecule has 1 fully saturated rings. The SMILES string of the molecule is CC(NC(=O)N1CCOC(CN(C)CC(=O)O)C1)c1ccc(Cl)cc1. The zero-order valence-corrected chi connectivity index (χ0v) is 15.2. The maximum Gasteiger partial charge on any atom is 0.318 e. The monoisotopic (exact) mass is 369 g/mol. The van der Waals surface area contributed by atoms with Crippen LogP contribution in [-0.2, 0) is 9.53 Å². The fraction of sp³-hybridized carbons (Fsp3) is 0.529. The van der Waals surface area contributed by atoms with Gasteiger partial charge in [-0.3, -0.25) is 9.69 Å². The molecular weight excluding hydrogens is 346 g/mol. The van der Waals surface area contributed by atoms with Gasteiger partial charge in [-0.1, -0.05) is 23.7 Å². The Morgan fingerprint density at radius 2 is 2.12 bits per heavy atom. The van der Waals surface area contributed by atoms with Crippen LogP contribution >= 0.6 is 11.6 Å². The van der Waals surface area contributed by atoms with Gasteiger partial charge in [0.1, 0.15) is 0 Å². The molecule has 1 aliphatic rings. The number of likely N-dealkylation sites (N-methyl/N-ethyl adjacent to an activating group) is 1. The van der Waals surface area contributed by atoms with Gasteiger partial charge in [0, 0.05) is 24.7 Å². The average molecular weight is 370 g/mol. The molecule has 138 valence electrons. The quantitative estimate of drug-likeness (QED) is 0.799. The van der Waals surface area contributed by atoms with Gasteiger partial charge in [-0.15, -0.1) is 0 Å². The van der Waals surface area contributed by atoms with Crippen molar-refractivity contribution in [3.8, 4) is 0 Å². The fourth-order valence-corrected chi connectivity index (χ4v) is 2.89. The number of amides is 2. The van der Waals surface area contributed by atoms with Crippen LogP contribution in [0, 0.1) is 0 Å². The van der Waals surface area contributed by atoms with E-state index in [2.05, 4.69) is 5.32 Å². The molecule has 1 heterocycles. The second-order valence-corrected chi connectivity index (χ2v) is 6.69. The first-order valence-corrected chi connectivity index (χ1v) is 8.56. The van der Waals surface area contributed by atoms with Crippen molar-refractivity contribution in [1.82, 2.24) is 15.1 Å². The number of carbonyl (C=O) groups excluding carboxylic acids is 1. The number of urea groups is 1. The number of hydrogen-bond acceptors (Lipinski definition) is 4. The van der Waals surface area contributed by atoms with Gasteiger partial charge in [0.2, 0.25) is 0 Å². The first kappa shape index (κ1) is 19.5. The number of nitrogens with one attached hydrogen (secondary N) is 1. The number of carboxylic acid groups (broad SMARTS) is 1. The Balaban J connectivity index is 1.86. The summed E-state index contributed by atoms with van der Waals surface area (Å²) in [6.45, 7) is 3.71. The van der Waals surface area contributed by atoms with E-state index < -0.39 is 5.97 Å². The van der Waals surface area contributed by atoms with Crippen molar-refractivity contribution in [1.29, 1.82) is 0 Å². The number of hydrogen-bond donors (Lipinski definition) is 2. The number of carboxylic acids is 1. The molecule has 8 heteroatoms. The lowest BCUT2D eigenvalue weighted by Crippen LogP contribution is -2.52. The maximum absolute atomic E-state index is 12.5. The van der Waals surface area contributed by atoms with Gasteiger partial charge in [-0.25, -0.2) is 4.79 Å². The topological polar surface area (TPSA) is 82.1 Å². The third kappa shape index (κ3) is 6.19. The zero-order chi connectivity index (χ0) is 18.4. The van der Waals surface area contributed by atoms with E-state index in [1.165, 1.54) is 0 Å². The summed E-state index contributed by atoms with van der Waals surface area (Å²) in [4.78, 5) is 26.6. The number of aliphatic carboxylic acids is 1. The van der Waals surface area contributed by atoms with Crippen molar-refractivity contribution in [2.24, 2.45) is 0 Å². The molecule has 0 saturated carbocycles. The van der Waals surface area contributed by atoms with Crippen LogP contribution in [0.3, 0.4) is 0 Å². The van der Waals surface area contributed by atoms with Crippen LogP contribution in [0.5, 0.6) is 0 Å². The number of morpholine rings is 1. The second-order valence-electron chi connectivity index (χ2n) is 6.25. The molecule has 0 aliphatic carbocycles. The highest BCUT2D eigenvalue weighted by Gasteiger charge is 2.26. The summed E-state index contributed by atoms with van der Waals surface area (Å²) in [5.74, 6) is -0.885. The lowest BCUT2D eigenvalue weighted by molar-refractivity contribution is -0.138. The number of halogens is 1. The van der Waals surface area contributed by atoms with Crippen molar-refractivity contribution >= 4 is 23.6 Å². The van der Waals surface area contributed by atoms with Gasteiger partial charge in [0.15, 0.2) is 0 Å². The van der Waals surface area contributed by atoms with E-state index in [-0.39, 0.29) is 24.7 Å².